The lowest BCUT2D eigenvalue weighted by Crippen LogP contribution is -2.23. The first-order chi connectivity index (χ1) is 7.52. The van der Waals surface area contributed by atoms with Gasteiger partial charge in [-0.3, -0.25) is 24.9 Å². The summed E-state index contributed by atoms with van der Waals surface area (Å²) in [5.41, 5.74) is -2.15. The summed E-state index contributed by atoms with van der Waals surface area (Å²) < 4.78 is 4.10. The Labute approximate surface area is 85.5 Å². The van der Waals surface area contributed by atoms with Crippen LogP contribution in [0.4, 0.5) is 11.4 Å². The van der Waals surface area contributed by atoms with Crippen molar-refractivity contribution in [1.82, 2.24) is 5.16 Å². The molecule has 10 heteroatoms. The van der Waals surface area contributed by atoms with Crippen molar-refractivity contribution in [3.05, 3.63) is 37.6 Å². The number of non-ortho nitro benzene ring substituents is 2. The molecule has 16 heavy (non-hydrogen) atoms. The highest BCUT2D eigenvalue weighted by Crippen LogP contribution is 2.28. The van der Waals surface area contributed by atoms with E-state index in [1.165, 1.54) is 0 Å². The van der Waals surface area contributed by atoms with Gasteiger partial charge in [0.15, 0.2) is 0 Å². The fraction of sp³-hybridized carbons (Fsp3) is 0. The van der Waals surface area contributed by atoms with Crippen LogP contribution in [0.15, 0.2) is 16.8 Å². The van der Waals surface area contributed by atoms with Gasteiger partial charge in [0, 0.05) is 12.1 Å². The van der Waals surface area contributed by atoms with E-state index in [9.17, 15) is 25.4 Å². The summed E-state index contributed by atoms with van der Waals surface area (Å²) in [5, 5.41) is 35.3. The number of fused-ring (bicyclic) bond motifs is 1. The van der Waals surface area contributed by atoms with Gasteiger partial charge >= 0.3 is 22.4 Å². The highest BCUT2D eigenvalue weighted by Gasteiger charge is 2.31. The first-order valence-electron chi connectivity index (χ1n) is 3.83. The van der Waals surface area contributed by atoms with E-state index in [0.29, 0.717) is 0 Å². The van der Waals surface area contributed by atoms with Crippen molar-refractivity contribution in [2.75, 3.05) is 0 Å². The second-order valence-electron chi connectivity index (χ2n) is 2.75. The Morgan fingerprint density at radius 1 is 1.19 bits per heavy atom. The van der Waals surface area contributed by atoms with Gasteiger partial charge in [-0.15, -0.1) is 0 Å². The first kappa shape index (κ1) is 9.76. The van der Waals surface area contributed by atoms with Crippen LogP contribution in [0.3, 0.4) is 0 Å². The molecule has 0 spiro atoms. The van der Waals surface area contributed by atoms with Crippen molar-refractivity contribution in [3.8, 4) is 0 Å². The Morgan fingerprint density at radius 2 is 1.75 bits per heavy atom. The van der Waals surface area contributed by atoms with Crippen LogP contribution in [0.1, 0.15) is 0 Å². The molecule has 1 aromatic carbocycles. The molecule has 0 bridgehead atoms. The number of nitro groups is 2. The molecular weight excluding hydrogens is 224 g/mol. The topological polar surface area (TPSA) is 139 Å². The number of rotatable bonds is 2. The molecule has 1 heterocycles. The zero-order valence-electron chi connectivity index (χ0n) is 7.39. The smallest absolute Gasteiger partial charge is 0.332 e. The molecule has 0 radical (unpaired) electrons. The third kappa shape index (κ3) is 1.20. The Kier molecular flexibility index (Phi) is 1.90. The van der Waals surface area contributed by atoms with E-state index in [4.69, 9.17) is 0 Å². The lowest BCUT2D eigenvalue weighted by Gasteiger charge is -1.91. The van der Waals surface area contributed by atoms with Gasteiger partial charge in [0.1, 0.15) is 0 Å². The van der Waals surface area contributed by atoms with Gasteiger partial charge < -0.3 is 5.21 Å². The third-order valence-electron chi connectivity index (χ3n) is 1.89. The molecule has 0 atom stereocenters. The Hall–Kier alpha value is -2.78. The zero-order chi connectivity index (χ0) is 11.9. The molecule has 0 aliphatic heterocycles. The van der Waals surface area contributed by atoms with Gasteiger partial charge in [-0.1, -0.05) is 0 Å². The van der Waals surface area contributed by atoms with Gasteiger partial charge in [-0.05, 0) is 4.90 Å². The lowest BCUT2D eigenvalue weighted by atomic mass is 10.2. The van der Waals surface area contributed by atoms with Crippen molar-refractivity contribution >= 4 is 22.4 Å². The van der Waals surface area contributed by atoms with Crippen molar-refractivity contribution in [2.24, 2.45) is 0 Å². The molecule has 1 aromatic heterocycles. The van der Waals surface area contributed by atoms with E-state index in [1.54, 1.807) is 0 Å². The van der Waals surface area contributed by atoms with Crippen molar-refractivity contribution < 1.29 is 19.4 Å². The molecule has 2 aromatic rings. The number of nitrogens with zero attached hydrogens (tertiary/aromatic N) is 4. The average molecular weight is 226 g/mol. The minimum Gasteiger partial charge on any atom is -0.359 e. The zero-order valence-corrected chi connectivity index (χ0v) is 7.39. The second-order valence-corrected chi connectivity index (χ2v) is 2.75. The normalized spacial score (nSPS) is 10.5. The first-order valence-corrected chi connectivity index (χ1v) is 3.83. The molecule has 2 rings (SSSR count). The van der Waals surface area contributed by atoms with Crippen LogP contribution in [0.5, 0.6) is 0 Å². The monoisotopic (exact) mass is 226 g/mol. The molecule has 0 fully saturated rings. The van der Waals surface area contributed by atoms with Gasteiger partial charge in [0.2, 0.25) is 0 Å². The minimum atomic E-state index is -0.850. The van der Waals surface area contributed by atoms with Crippen LogP contribution in [-0.2, 0) is 0 Å². The quantitative estimate of drug-likeness (QED) is 0.406. The number of aromatic nitrogens is 2. The predicted molar refractivity (Wildman–Crippen MR) is 46.3 cm³/mol. The predicted octanol–water partition coefficient (Wildman–Crippen LogP) is 0.278. The Morgan fingerprint density at radius 3 is 2.31 bits per heavy atom. The fourth-order valence-corrected chi connectivity index (χ4v) is 1.24. The molecule has 10 nitrogen and oxygen atoms in total. The van der Waals surface area contributed by atoms with Crippen LogP contribution in [-0.4, -0.2) is 15.0 Å². The molecule has 0 saturated heterocycles. The molecule has 0 amide bonds. The summed E-state index contributed by atoms with van der Waals surface area (Å²) in [6.45, 7) is 0. The van der Waals surface area contributed by atoms with Crippen molar-refractivity contribution in [1.29, 1.82) is 0 Å². The number of hydrogen-bond donors (Lipinski definition) is 0. The highest BCUT2D eigenvalue weighted by molar-refractivity contribution is 5.88. The van der Waals surface area contributed by atoms with E-state index in [-0.39, 0.29) is 4.90 Å². The van der Waals surface area contributed by atoms with Gasteiger partial charge in [0.25, 0.3) is 0 Å². The molecule has 0 aliphatic carbocycles. The van der Waals surface area contributed by atoms with Gasteiger partial charge in [-0.2, -0.15) is 0 Å². The molecule has 0 unspecified atom stereocenters. The summed E-state index contributed by atoms with van der Waals surface area (Å²) in [7, 11) is 0. The van der Waals surface area contributed by atoms with E-state index in [2.05, 4.69) is 9.79 Å². The molecule has 82 valence electrons. The standard InChI is InChI=1S/C6H2N4O6/c11-8(12)3-1-2-4(9(13)14)6-5(3)7-16-10(6)15/h1-2H. The second kappa shape index (κ2) is 3.12. The van der Waals surface area contributed by atoms with E-state index < -0.39 is 32.3 Å². The summed E-state index contributed by atoms with van der Waals surface area (Å²) in [6, 6.07) is 1.75. The van der Waals surface area contributed by atoms with E-state index in [1.807, 2.05) is 0 Å². The number of nitro benzene ring substituents is 2. The molecule has 0 aliphatic rings. The molecular formula is C6H2N4O6. The Bertz CT molecular complexity index is 604. The SMILES string of the molecule is O=[N+]([O-])c1ccc([N+](=O)[O-])c2c1no[n+]2[O-]. The molecule has 0 N–H and O–H groups in total. The van der Waals surface area contributed by atoms with Crippen molar-refractivity contribution in [2.45, 2.75) is 0 Å². The van der Waals surface area contributed by atoms with Crippen LogP contribution in [0, 0.1) is 25.4 Å². The fourth-order valence-electron chi connectivity index (χ4n) is 1.24. The maximum atomic E-state index is 11.0. The van der Waals surface area contributed by atoms with E-state index >= 15 is 0 Å². The van der Waals surface area contributed by atoms with Crippen LogP contribution >= 0.6 is 0 Å². The Balaban J connectivity index is 2.90. The summed E-state index contributed by atoms with van der Waals surface area (Å²) in [4.78, 5) is 19.2. The summed E-state index contributed by atoms with van der Waals surface area (Å²) in [5.74, 6) is 0. The van der Waals surface area contributed by atoms with Gasteiger partial charge in [0.05, 0.1) is 15.0 Å². The van der Waals surface area contributed by atoms with Crippen LogP contribution < -0.4 is 4.90 Å². The van der Waals surface area contributed by atoms with E-state index in [0.717, 1.165) is 12.1 Å². The van der Waals surface area contributed by atoms with Crippen molar-refractivity contribution in [3.63, 3.8) is 0 Å². The number of hydrogen-bond acceptors (Lipinski definition) is 7. The highest BCUT2D eigenvalue weighted by atomic mass is 16.8. The maximum absolute atomic E-state index is 11.0. The summed E-state index contributed by atoms with van der Waals surface area (Å²) in [6.07, 6.45) is 0. The molecule has 0 saturated carbocycles. The summed E-state index contributed by atoms with van der Waals surface area (Å²) >= 11 is 0. The lowest BCUT2D eigenvalue weighted by molar-refractivity contribution is -0.783. The van der Waals surface area contributed by atoms with Crippen LogP contribution in [0.2, 0.25) is 0 Å². The maximum Gasteiger partial charge on any atom is 0.332 e. The van der Waals surface area contributed by atoms with Gasteiger partial charge in [-0.25, -0.2) is 0 Å². The largest absolute Gasteiger partial charge is 0.359 e. The third-order valence-corrected chi connectivity index (χ3v) is 1.89. The average Bonchev–Trinajstić information content (AvgIpc) is 2.59. The van der Waals surface area contributed by atoms with Crippen LogP contribution in [0.25, 0.3) is 11.0 Å². The minimum absolute atomic E-state index is 0.236. The number of benzene rings is 1.